The molecule has 0 radical (unpaired) electrons. The summed E-state index contributed by atoms with van der Waals surface area (Å²) in [6.07, 6.45) is 0. The zero-order valence-electron chi connectivity index (χ0n) is 8.80. The van der Waals surface area contributed by atoms with Gasteiger partial charge in [0, 0.05) is 11.1 Å². The molecule has 0 aliphatic rings. The molecule has 0 amide bonds. The van der Waals surface area contributed by atoms with Gasteiger partial charge in [-0.15, -0.1) is 0 Å². The first-order valence-electron chi connectivity index (χ1n) is 4.55. The summed E-state index contributed by atoms with van der Waals surface area (Å²) in [7, 11) is 0. The average molecular weight is 214 g/mol. The largest absolute Gasteiger partial charge is 0.360 e. The molecule has 0 bridgehead atoms. The van der Waals surface area contributed by atoms with Crippen LogP contribution < -0.4 is 0 Å². The van der Waals surface area contributed by atoms with Crippen LogP contribution in [0.1, 0.15) is 12.5 Å². The highest BCUT2D eigenvalue weighted by Crippen LogP contribution is 2.02. The highest BCUT2D eigenvalue weighted by molar-refractivity contribution is 6.11. The van der Waals surface area contributed by atoms with Crippen molar-refractivity contribution in [1.82, 2.24) is 0 Å². The number of hydrogen-bond acceptors (Lipinski definition) is 4. The minimum Gasteiger partial charge on any atom is -0.312 e. The first kappa shape index (κ1) is 11.7. The highest BCUT2D eigenvalue weighted by atomic mass is 16.7. The van der Waals surface area contributed by atoms with Crippen molar-refractivity contribution in [2.24, 2.45) is 5.16 Å². The van der Waals surface area contributed by atoms with Gasteiger partial charge in [-0.25, -0.2) is 4.79 Å². The molecule has 0 fully saturated rings. The van der Waals surface area contributed by atoms with Gasteiger partial charge in [-0.05, 0) is 6.92 Å². The fourth-order valence-corrected chi connectivity index (χ4v) is 0.899. The predicted molar refractivity (Wildman–Crippen MR) is 59.5 cm³/mol. The van der Waals surface area contributed by atoms with E-state index in [2.05, 4.69) is 16.6 Å². The summed E-state index contributed by atoms with van der Waals surface area (Å²) >= 11 is 0. The van der Waals surface area contributed by atoms with Crippen molar-refractivity contribution in [3.8, 4) is 6.07 Å². The number of benzene rings is 1. The molecule has 4 heteroatoms. The van der Waals surface area contributed by atoms with Crippen LogP contribution in [0.25, 0.3) is 0 Å². The lowest BCUT2D eigenvalue weighted by molar-refractivity contribution is -0.138. The molecule has 0 aliphatic heterocycles. The van der Waals surface area contributed by atoms with Gasteiger partial charge in [0.25, 0.3) is 0 Å². The van der Waals surface area contributed by atoms with Gasteiger partial charge in [-0.1, -0.05) is 42.1 Å². The van der Waals surface area contributed by atoms with E-state index in [1.54, 1.807) is 24.3 Å². The van der Waals surface area contributed by atoms with E-state index in [9.17, 15) is 4.79 Å². The molecule has 0 spiro atoms. The summed E-state index contributed by atoms with van der Waals surface area (Å²) in [5, 5.41) is 12.3. The molecule has 4 nitrogen and oxygen atoms in total. The third-order valence-electron chi connectivity index (χ3n) is 1.72. The Kier molecular flexibility index (Phi) is 3.98. The summed E-state index contributed by atoms with van der Waals surface area (Å²) in [6, 6.07) is 10.6. The zero-order valence-corrected chi connectivity index (χ0v) is 8.80. The van der Waals surface area contributed by atoms with Gasteiger partial charge in [-0.3, -0.25) is 0 Å². The summed E-state index contributed by atoms with van der Waals surface area (Å²) in [5.41, 5.74) is 0.879. The van der Waals surface area contributed by atoms with Crippen LogP contribution in [-0.4, -0.2) is 11.7 Å². The lowest BCUT2D eigenvalue weighted by Crippen LogP contribution is -2.04. The van der Waals surface area contributed by atoms with Crippen molar-refractivity contribution < 1.29 is 9.63 Å². The minimum absolute atomic E-state index is 0.0511. The number of carbonyl (C=O) groups excluding carboxylic acids is 1. The number of rotatable bonds is 3. The summed E-state index contributed by atoms with van der Waals surface area (Å²) in [6.45, 7) is 4.91. The molecule has 80 valence electrons. The molecule has 1 aromatic rings. The number of nitrogens with zero attached hydrogens (tertiary/aromatic N) is 2. The Morgan fingerprint density at radius 3 is 2.56 bits per heavy atom. The smallest absolute Gasteiger partial charge is 0.312 e. The second-order valence-electron chi connectivity index (χ2n) is 3.08. The van der Waals surface area contributed by atoms with Crippen molar-refractivity contribution >= 4 is 11.7 Å². The Morgan fingerprint density at radius 2 is 2.06 bits per heavy atom. The van der Waals surface area contributed by atoms with Crippen molar-refractivity contribution in [2.45, 2.75) is 6.92 Å². The Balaban J connectivity index is 2.85. The van der Waals surface area contributed by atoms with Gasteiger partial charge >= 0.3 is 5.97 Å². The van der Waals surface area contributed by atoms with Crippen molar-refractivity contribution in [3.05, 3.63) is 48.0 Å². The van der Waals surface area contributed by atoms with Crippen molar-refractivity contribution in [3.63, 3.8) is 0 Å². The molecular formula is C12H10N2O2. The van der Waals surface area contributed by atoms with Crippen LogP contribution in [-0.2, 0) is 9.63 Å². The maximum Gasteiger partial charge on any atom is 0.360 e. The Hall–Kier alpha value is -2.41. The van der Waals surface area contributed by atoms with Crippen LogP contribution in [0.5, 0.6) is 0 Å². The second kappa shape index (κ2) is 5.47. The van der Waals surface area contributed by atoms with E-state index in [-0.39, 0.29) is 11.3 Å². The predicted octanol–water partition coefficient (Wildman–Crippen LogP) is 2.03. The first-order valence-corrected chi connectivity index (χ1v) is 4.55. The van der Waals surface area contributed by atoms with Gasteiger partial charge in [0.2, 0.25) is 0 Å². The average Bonchev–Trinajstić information content (AvgIpc) is 2.30. The number of carbonyl (C=O) groups is 1. The highest BCUT2D eigenvalue weighted by Gasteiger charge is 2.06. The van der Waals surface area contributed by atoms with E-state index in [0.717, 1.165) is 0 Å². The van der Waals surface area contributed by atoms with Gasteiger partial charge in [0.05, 0.1) is 0 Å². The molecule has 0 saturated carbocycles. The third kappa shape index (κ3) is 3.07. The topological polar surface area (TPSA) is 62.4 Å². The molecule has 0 aliphatic carbocycles. The summed E-state index contributed by atoms with van der Waals surface area (Å²) in [5.74, 6) is -0.649. The molecule has 1 aromatic carbocycles. The minimum atomic E-state index is -0.649. The second-order valence-corrected chi connectivity index (χ2v) is 3.08. The van der Waals surface area contributed by atoms with E-state index in [4.69, 9.17) is 5.26 Å². The number of oxime groups is 1. The maximum absolute atomic E-state index is 11.1. The number of hydrogen-bond donors (Lipinski definition) is 0. The molecule has 0 heterocycles. The number of nitriles is 1. The van der Waals surface area contributed by atoms with Crippen LogP contribution in [0.4, 0.5) is 0 Å². The zero-order chi connectivity index (χ0) is 12.0. The fraction of sp³-hybridized carbons (Fsp3) is 0.0833. The maximum atomic E-state index is 11.1. The van der Waals surface area contributed by atoms with Crippen molar-refractivity contribution in [2.75, 3.05) is 0 Å². The van der Waals surface area contributed by atoms with E-state index >= 15 is 0 Å². The van der Waals surface area contributed by atoms with E-state index in [0.29, 0.717) is 5.56 Å². The molecule has 1 rings (SSSR count). The van der Waals surface area contributed by atoms with Crippen LogP contribution in [0.3, 0.4) is 0 Å². The van der Waals surface area contributed by atoms with Gasteiger partial charge in [-0.2, -0.15) is 5.26 Å². The van der Waals surface area contributed by atoms with Crippen LogP contribution in [0, 0.1) is 11.3 Å². The first-order chi connectivity index (χ1) is 7.65. The molecule has 0 atom stereocenters. The molecule has 0 aromatic heterocycles. The Bertz CT molecular complexity index is 470. The molecule has 16 heavy (non-hydrogen) atoms. The quantitative estimate of drug-likeness (QED) is 0.335. The monoisotopic (exact) mass is 214 g/mol. The van der Waals surface area contributed by atoms with Gasteiger partial charge < -0.3 is 4.84 Å². The Labute approximate surface area is 93.4 Å². The fourth-order valence-electron chi connectivity index (χ4n) is 0.899. The SMILES string of the molecule is C=C(C)C(=O)O/N=C(/C#N)c1ccccc1. The van der Waals surface area contributed by atoms with Crippen LogP contribution >= 0.6 is 0 Å². The molecule has 0 unspecified atom stereocenters. The van der Waals surface area contributed by atoms with Crippen LogP contribution in [0.15, 0.2) is 47.6 Å². The molecule has 0 saturated heterocycles. The molecular weight excluding hydrogens is 204 g/mol. The lowest BCUT2D eigenvalue weighted by Gasteiger charge is -1.98. The van der Waals surface area contributed by atoms with E-state index < -0.39 is 5.97 Å². The van der Waals surface area contributed by atoms with Gasteiger partial charge in [0.1, 0.15) is 6.07 Å². The summed E-state index contributed by atoms with van der Waals surface area (Å²) in [4.78, 5) is 15.6. The Morgan fingerprint density at radius 1 is 1.44 bits per heavy atom. The molecule has 0 N–H and O–H groups in total. The summed E-state index contributed by atoms with van der Waals surface area (Å²) < 4.78 is 0. The lowest BCUT2D eigenvalue weighted by atomic mass is 10.1. The van der Waals surface area contributed by atoms with E-state index in [1.165, 1.54) is 6.92 Å². The van der Waals surface area contributed by atoms with Crippen molar-refractivity contribution in [1.29, 1.82) is 5.26 Å². The van der Waals surface area contributed by atoms with Crippen LogP contribution in [0.2, 0.25) is 0 Å². The third-order valence-corrected chi connectivity index (χ3v) is 1.72. The normalized spacial score (nSPS) is 10.4. The van der Waals surface area contributed by atoms with Gasteiger partial charge in [0.15, 0.2) is 5.71 Å². The standard InChI is InChI=1S/C12H10N2O2/c1-9(2)12(15)16-14-11(8-13)10-6-4-3-5-7-10/h3-7H,1H2,2H3/b14-11-. The van der Waals surface area contributed by atoms with E-state index in [1.807, 2.05) is 12.1 Å².